The zero-order valence-corrected chi connectivity index (χ0v) is 17.2. The number of imidazole rings is 1. The minimum Gasteiger partial charge on any atom is -0.481 e. The van der Waals surface area contributed by atoms with Crippen LogP contribution in [0.3, 0.4) is 0 Å². The Morgan fingerprint density at radius 1 is 1.03 bits per heavy atom. The van der Waals surface area contributed by atoms with Gasteiger partial charge in [0.1, 0.15) is 11.3 Å². The van der Waals surface area contributed by atoms with Crippen LogP contribution in [0.5, 0.6) is 5.88 Å². The van der Waals surface area contributed by atoms with E-state index in [-0.39, 0.29) is 5.56 Å². The molecule has 6 heteroatoms. The van der Waals surface area contributed by atoms with Crippen molar-refractivity contribution in [3.05, 3.63) is 69.9 Å². The van der Waals surface area contributed by atoms with Gasteiger partial charge in [0.2, 0.25) is 5.88 Å². The summed E-state index contributed by atoms with van der Waals surface area (Å²) in [5.41, 5.74) is 4.17. The molecule has 3 heterocycles. The van der Waals surface area contributed by atoms with Crippen molar-refractivity contribution in [3.63, 3.8) is 0 Å². The lowest BCUT2D eigenvalue weighted by Gasteiger charge is -2.14. The summed E-state index contributed by atoms with van der Waals surface area (Å²) in [5.74, 6) is 1.40. The van der Waals surface area contributed by atoms with Crippen LogP contribution in [-0.4, -0.2) is 26.0 Å². The predicted molar refractivity (Wildman–Crippen MR) is 115 cm³/mol. The van der Waals surface area contributed by atoms with E-state index in [4.69, 9.17) is 4.74 Å². The van der Waals surface area contributed by atoms with Crippen molar-refractivity contribution in [2.75, 3.05) is 7.11 Å². The fourth-order valence-corrected chi connectivity index (χ4v) is 3.92. The Bertz CT molecular complexity index is 1210. The Balaban J connectivity index is 1.85. The molecule has 0 bridgehead atoms. The van der Waals surface area contributed by atoms with Crippen LogP contribution < -0.4 is 10.3 Å². The van der Waals surface area contributed by atoms with Crippen molar-refractivity contribution >= 4 is 16.7 Å². The molecule has 4 aromatic rings. The lowest BCUT2D eigenvalue weighted by molar-refractivity contribution is 0.399. The lowest BCUT2D eigenvalue weighted by Crippen LogP contribution is -2.24. The van der Waals surface area contributed by atoms with Crippen molar-refractivity contribution in [2.45, 2.75) is 46.1 Å². The van der Waals surface area contributed by atoms with Gasteiger partial charge >= 0.3 is 0 Å². The van der Waals surface area contributed by atoms with Gasteiger partial charge in [-0.25, -0.2) is 4.98 Å². The molecule has 0 amide bonds. The van der Waals surface area contributed by atoms with E-state index in [0.29, 0.717) is 17.9 Å². The lowest BCUT2D eigenvalue weighted by atomic mass is 10.1. The number of aryl methyl sites for hydroxylation is 4. The molecule has 1 aromatic carbocycles. The van der Waals surface area contributed by atoms with Crippen LogP contribution in [-0.2, 0) is 19.4 Å². The van der Waals surface area contributed by atoms with E-state index in [1.807, 2.05) is 46.2 Å². The number of pyridine rings is 1. The smallest absolute Gasteiger partial charge is 0.277 e. The number of nitrogens with zero attached hydrogens (tertiary/aromatic N) is 4. The Hall–Kier alpha value is -3.15. The standard InChI is InChI=1S/C23H26N4O2/c1-4-9-19-24-16(2)21-23(28)26(15-8-12-17-10-6-5-7-11-17)18-13-14-20(29-3)25-22(18)27(19)21/h5-7,10-11,13-14H,4,8-9,12,15H2,1-3H3. The van der Waals surface area contributed by atoms with Crippen LogP contribution in [0.4, 0.5) is 0 Å². The van der Waals surface area contributed by atoms with Crippen LogP contribution in [0.2, 0.25) is 0 Å². The number of ether oxygens (including phenoxy) is 1. The second-order valence-electron chi connectivity index (χ2n) is 7.29. The summed E-state index contributed by atoms with van der Waals surface area (Å²) in [7, 11) is 1.60. The van der Waals surface area contributed by atoms with E-state index in [1.54, 1.807) is 7.11 Å². The molecule has 0 aliphatic carbocycles. The molecule has 0 atom stereocenters. The third kappa shape index (κ3) is 3.50. The first-order chi connectivity index (χ1) is 14.1. The van der Waals surface area contributed by atoms with Gasteiger partial charge in [0.15, 0.2) is 5.65 Å². The fraction of sp³-hybridized carbons (Fsp3) is 0.348. The summed E-state index contributed by atoms with van der Waals surface area (Å²) in [5, 5.41) is 0. The average molecular weight is 390 g/mol. The summed E-state index contributed by atoms with van der Waals surface area (Å²) in [6, 6.07) is 14.1. The number of fused-ring (bicyclic) bond motifs is 3. The number of hydrogen-bond acceptors (Lipinski definition) is 4. The Labute approximate surface area is 169 Å². The van der Waals surface area contributed by atoms with Crippen LogP contribution >= 0.6 is 0 Å². The van der Waals surface area contributed by atoms with E-state index in [0.717, 1.165) is 48.4 Å². The molecule has 3 aromatic heterocycles. The highest BCUT2D eigenvalue weighted by Crippen LogP contribution is 2.21. The summed E-state index contributed by atoms with van der Waals surface area (Å²) in [6.07, 6.45) is 3.53. The number of methoxy groups -OCH3 is 1. The molecule has 0 unspecified atom stereocenters. The second-order valence-corrected chi connectivity index (χ2v) is 7.29. The van der Waals surface area contributed by atoms with Gasteiger partial charge in [-0.1, -0.05) is 37.3 Å². The van der Waals surface area contributed by atoms with Gasteiger partial charge in [0.25, 0.3) is 5.56 Å². The van der Waals surface area contributed by atoms with Crippen LogP contribution in [0.25, 0.3) is 16.7 Å². The third-order valence-corrected chi connectivity index (χ3v) is 5.27. The van der Waals surface area contributed by atoms with Crippen molar-refractivity contribution < 1.29 is 4.74 Å². The maximum Gasteiger partial charge on any atom is 0.277 e. The fourth-order valence-electron chi connectivity index (χ4n) is 3.92. The van der Waals surface area contributed by atoms with Gasteiger partial charge in [0, 0.05) is 19.0 Å². The molecule has 0 radical (unpaired) electrons. The molecule has 0 aliphatic rings. The maximum atomic E-state index is 13.4. The second kappa shape index (κ2) is 8.07. The molecular formula is C23H26N4O2. The van der Waals surface area contributed by atoms with Gasteiger partial charge in [-0.15, -0.1) is 0 Å². The van der Waals surface area contributed by atoms with E-state index in [1.165, 1.54) is 5.56 Å². The minimum atomic E-state index is -0.00937. The number of benzene rings is 1. The summed E-state index contributed by atoms with van der Waals surface area (Å²) < 4.78 is 9.12. The summed E-state index contributed by atoms with van der Waals surface area (Å²) in [6.45, 7) is 4.64. The first-order valence-electron chi connectivity index (χ1n) is 10.1. The number of hydrogen-bond donors (Lipinski definition) is 0. The minimum absolute atomic E-state index is 0.00937. The van der Waals surface area contributed by atoms with Gasteiger partial charge in [-0.2, -0.15) is 4.98 Å². The molecule has 150 valence electrons. The SMILES string of the molecule is CCCc1nc(C)c2c(=O)n(CCCc3ccccc3)c3ccc(OC)nc3n12. The van der Waals surface area contributed by atoms with Gasteiger partial charge in [-0.05, 0) is 37.8 Å². The third-order valence-electron chi connectivity index (χ3n) is 5.27. The molecule has 0 fully saturated rings. The van der Waals surface area contributed by atoms with Gasteiger partial charge in [-0.3, -0.25) is 9.20 Å². The highest BCUT2D eigenvalue weighted by molar-refractivity contribution is 5.77. The average Bonchev–Trinajstić information content (AvgIpc) is 3.07. The summed E-state index contributed by atoms with van der Waals surface area (Å²) in [4.78, 5) is 22.8. The van der Waals surface area contributed by atoms with E-state index >= 15 is 0 Å². The highest BCUT2D eigenvalue weighted by atomic mass is 16.5. The van der Waals surface area contributed by atoms with Crippen LogP contribution in [0.1, 0.15) is 36.8 Å². The zero-order valence-electron chi connectivity index (χ0n) is 17.2. The molecule has 0 saturated carbocycles. The van der Waals surface area contributed by atoms with Crippen molar-refractivity contribution in [1.29, 1.82) is 0 Å². The van der Waals surface area contributed by atoms with E-state index < -0.39 is 0 Å². The van der Waals surface area contributed by atoms with Crippen LogP contribution in [0, 0.1) is 6.92 Å². The Morgan fingerprint density at radius 2 is 1.83 bits per heavy atom. The largest absolute Gasteiger partial charge is 0.481 e. The normalized spacial score (nSPS) is 11.4. The maximum absolute atomic E-state index is 13.4. The Morgan fingerprint density at radius 3 is 2.55 bits per heavy atom. The Kier molecular flexibility index (Phi) is 5.34. The number of aromatic nitrogens is 4. The molecule has 0 aliphatic heterocycles. The number of rotatable bonds is 7. The van der Waals surface area contributed by atoms with E-state index in [9.17, 15) is 4.79 Å². The first-order valence-corrected chi connectivity index (χ1v) is 10.1. The molecule has 4 rings (SSSR count). The van der Waals surface area contributed by atoms with Gasteiger partial charge < -0.3 is 9.30 Å². The molecule has 29 heavy (non-hydrogen) atoms. The highest BCUT2D eigenvalue weighted by Gasteiger charge is 2.19. The molecule has 6 nitrogen and oxygen atoms in total. The predicted octanol–water partition coefficient (Wildman–Crippen LogP) is 3.95. The van der Waals surface area contributed by atoms with Crippen molar-refractivity contribution in [2.24, 2.45) is 0 Å². The first kappa shape index (κ1) is 19.2. The van der Waals surface area contributed by atoms with Crippen LogP contribution in [0.15, 0.2) is 47.3 Å². The topological polar surface area (TPSA) is 61.4 Å². The monoisotopic (exact) mass is 390 g/mol. The van der Waals surface area contributed by atoms with Gasteiger partial charge in [0.05, 0.1) is 18.3 Å². The molecule has 0 spiro atoms. The molecule has 0 saturated heterocycles. The van der Waals surface area contributed by atoms with Crippen molar-refractivity contribution in [1.82, 2.24) is 18.9 Å². The zero-order chi connectivity index (χ0) is 20.4. The molecule has 0 N–H and O–H groups in total. The van der Waals surface area contributed by atoms with E-state index in [2.05, 4.69) is 29.0 Å². The quantitative estimate of drug-likeness (QED) is 0.479. The van der Waals surface area contributed by atoms with Crippen molar-refractivity contribution in [3.8, 4) is 5.88 Å². The summed E-state index contributed by atoms with van der Waals surface area (Å²) >= 11 is 0. The molecular weight excluding hydrogens is 364 g/mol.